The van der Waals surface area contributed by atoms with Crippen LogP contribution in [0, 0.1) is 18.2 Å². The predicted octanol–water partition coefficient (Wildman–Crippen LogP) is 4.74. The van der Waals surface area contributed by atoms with Gasteiger partial charge in [-0.1, -0.05) is 35.7 Å². The highest BCUT2D eigenvalue weighted by Crippen LogP contribution is 2.39. The molecule has 0 N–H and O–H groups in total. The third kappa shape index (κ3) is 4.56. The minimum Gasteiger partial charge on any atom is -0.493 e. The number of terminal acetylenes is 1. The Balaban J connectivity index is 1.87. The van der Waals surface area contributed by atoms with Crippen LogP contribution in [0.15, 0.2) is 41.3 Å². The summed E-state index contributed by atoms with van der Waals surface area (Å²) in [5.74, 6) is 1.98. The number of rotatable bonds is 6. The number of imide groups is 1. The van der Waals surface area contributed by atoms with Gasteiger partial charge in [0.2, 0.25) is 0 Å². The fourth-order valence-corrected chi connectivity index (χ4v) is 3.77. The second-order valence-electron chi connectivity index (χ2n) is 5.89. The molecule has 8 heteroatoms. The summed E-state index contributed by atoms with van der Waals surface area (Å²) in [5, 5.41) is -0.229. The first-order valence-corrected chi connectivity index (χ1v) is 9.56. The van der Waals surface area contributed by atoms with Crippen LogP contribution in [0.1, 0.15) is 11.1 Å². The zero-order valence-electron chi connectivity index (χ0n) is 15.3. The normalized spacial score (nSPS) is 15.0. The number of benzene rings is 2. The minimum absolute atomic E-state index is 0.0182. The van der Waals surface area contributed by atoms with Crippen molar-refractivity contribution in [1.29, 1.82) is 0 Å². The van der Waals surface area contributed by atoms with E-state index >= 15 is 0 Å². The maximum Gasteiger partial charge on any atom is 0.293 e. The van der Waals surface area contributed by atoms with Gasteiger partial charge in [-0.2, -0.15) is 0 Å². The largest absolute Gasteiger partial charge is 0.493 e. The van der Waals surface area contributed by atoms with Crippen LogP contribution in [-0.4, -0.2) is 29.8 Å². The highest BCUT2D eigenvalue weighted by Gasteiger charge is 2.35. The molecule has 0 saturated carbocycles. The lowest BCUT2D eigenvalue weighted by molar-refractivity contribution is -0.123. The Labute approximate surface area is 176 Å². The summed E-state index contributed by atoms with van der Waals surface area (Å²) in [7, 11) is 1.44. The maximum absolute atomic E-state index is 13.9. The van der Waals surface area contributed by atoms with Gasteiger partial charge in [-0.25, -0.2) is 4.39 Å². The van der Waals surface area contributed by atoms with E-state index in [0.717, 1.165) is 16.7 Å². The molecule has 2 amide bonds. The van der Waals surface area contributed by atoms with Crippen molar-refractivity contribution in [2.24, 2.45) is 0 Å². The van der Waals surface area contributed by atoms with Crippen molar-refractivity contribution in [1.82, 2.24) is 4.90 Å². The van der Waals surface area contributed by atoms with Crippen molar-refractivity contribution in [2.45, 2.75) is 6.54 Å². The van der Waals surface area contributed by atoms with E-state index in [9.17, 15) is 14.0 Å². The Bertz CT molecular complexity index is 1050. The molecule has 1 fully saturated rings. The Kier molecular flexibility index (Phi) is 6.47. The molecule has 1 saturated heterocycles. The monoisotopic (exact) mass is 431 g/mol. The molecule has 0 aromatic heterocycles. The van der Waals surface area contributed by atoms with Gasteiger partial charge in [0.15, 0.2) is 11.5 Å². The van der Waals surface area contributed by atoms with E-state index < -0.39 is 17.0 Å². The van der Waals surface area contributed by atoms with Gasteiger partial charge >= 0.3 is 0 Å². The molecule has 0 bridgehead atoms. The number of thioether (sulfide) groups is 1. The molecule has 2 aromatic rings. The standard InChI is InChI=1S/C21H15ClFNO4S/c1-3-8-28-19-15(22)9-13(10-17(19)27-2)11-18-20(25)24(21(26)29-18)12-14-6-4-5-7-16(14)23/h1,4-7,9-11H,8,12H2,2H3/b18-11-. The first-order valence-electron chi connectivity index (χ1n) is 8.37. The van der Waals surface area contributed by atoms with Crippen molar-refractivity contribution >= 4 is 40.6 Å². The fraction of sp³-hybridized carbons (Fsp3) is 0.143. The molecule has 148 valence electrons. The molecule has 5 nitrogen and oxygen atoms in total. The summed E-state index contributed by atoms with van der Waals surface area (Å²) in [4.78, 5) is 26.1. The predicted molar refractivity (Wildman–Crippen MR) is 110 cm³/mol. The van der Waals surface area contributed by atoms with Gasteiger partial charge in [-0.05, 0) is 41.6 Å². The number of carbonyl (C=O) groups excluding carboxylic acids is 2. The molecule has 0 aliphatic carbocycles. The van der Waals surface area contributed by atoms with Crippen LogP contribution in [-0.2, 0) is 11.3 Å². The average molecular weight is 432 g/mol. The van der Waals surface area contributed by atoms with E-state index in [1.54, 1.807) is 24.3 Å². The summed E-state index contributed by atoms with van der Waals surface area (Å²) in [6, 6.07) is 9.18. The smallest absolute Gasteiger partial charge is 0.293 e. The maximum atomic E-state index is 13.9. The van der Waals surface area contributed by atoms with E-state index in [-0.39, 0.29) is 34.4 Å². The molecular formula is C21H15ClFNO4S. The summed E-state index contributed by atoms with van der Waals surface area (Å²) in [5.41, 5.74) is 0.798. The van der Waals surface area contributed by atoms with Crippen molar-refractivity contribution in [2.75, 3.05) is 13.7 Å². The van der Waals surface area contributed by atoms with Crippen LogP contribution in [0.25, 0.3) is 6.08 Å². The molecule has 0 radical (unpaired) electrons. The number of hydrogen-bond acceptors (Lipinski definition) is 5. The average Bonchev–Trinajstić information content (AvgIpc) is 2.95. The summed E-state index contributed by atoms with van der Waals surface area (Å²) in [6.07, 6.45) is 6.71. The zero-order chi connectivity index (χ0) is 21.0. The highest BCUT2D eigenvalue weighted by atomic mass is 35.5. The van der Waals surface area contributed by atoms with E-state index in [2.05, 4.69) is 5.92 Å². The number of hydrogen-bond donors (Lipinski definition) is 0. The second-order valence-corrected chi connectivity index (χ2v) is 7.29. The first-order chi connectivity index (χ1) is 13.9. The first kappa shape index (κ1) is 20.8. The van der Waals surface area contributed by atoms with E-state index in [1.807, 2.05) is 0 Å². The number of methoxy groups -OCH3 is 1. The van der Waals surface area contributed by atoms with Gasteiger partial charge in [0.05, 0.1) is 23.6 Å². The molecule has 1 heterocycles. The van der Waals surface area contributed by atoms with Crippen LogP contribution in [0.5, 0.6) is 11.5 Å². The molecule has 0 atom stereocenters. The highest BCUT2D eigenvalue weighted by molar-refractivity contribution is 8.18. The Morgan fingerprint density at radius 2 is 2.07 bits per heavy atom. The van der Waals surface area contributed by atoms with Gasteiger partial charge < -0.3 is 9.47 Å². The fourth-order valence-electron chi connectivity index (χ4n) is 2.66. The van der Waals surface area contributed by atoms with E-state index in [0.29, 0.717) is 11.3 Å². The van der Waals surface area contributed by atoms with Crippen molar-refractivity contribution < 1.29 is 23.5 Å². The molecule has 2 aromatic carbocycles. The SMILES string of the molecule is C#CCOc1c(Cl)cc(/C=C2\SC(=O)N(Cc3ccccc3F)C2=O)cc1OC. The molecule has 29 heavy (non-hydrogen) atoms. The van der Waals surface area contributed by atoms with Gasteiger partial charge in [-0.3, -0.25) is 14.5 Å². The van der Waals surface area contributed by atoms with Crippen LogP contribution in [0.4, 0.5) is 9.18 Å². The van der Waals surface area contributed by atoms with E-state index in [1.165, 1.54) is 25.3 Å². The van der Waals surface area contributed by atoms with Gasteiger partial charge in [0.1, 0.15) is 12.4 Å². The molecule has 1 aliphatic heterocycles. The van der Waals surface area contributed by atoms with Crippen LogP contribution >= 0.6 is 23.4 Å². The van der Waals surface area contributed by atoms with Crippen molar-refractivity contribution in [3.63, 3.8) is 0 Å². The zero-order valence-corrected chi connectivity index (χ0v) is 16.8. The van der Waals surface area contributed by atoms with Gasteiger partial charge in [-0.15, -0.1) is 6.42 Å². The Hall–Kier alpha value is -2.95. The molecule has 0 spiro atoms. The number of amides is 2. The molecule has 0 unspecified atom stereocenters. The lowest BCUT2D eigenvalue weighted by atomic mass is 10.1. The number of carbonyl (C=O) groups is 2. The number of ether oxygens (including phenoxy) is 2. The Morgan fingerprint density at radius 1 is 1.31 bits per heavy atom. The lowest BCUT2D eigenvalue weighted by Crippen LogP contribution is -2.27. The van der Waals surface area contributed by atoms with Crippen molar-refractivity contribution in [3.05, 3.63) is 63.3 Å². The third-order valence-corrected chi connectivity index (χ3v) is 5.20. The summed E-state index contributed by atoms with van der Waals surface area (Å²) in [6.45, 7) is -0.123. The minimum atomic E-state index is -0.508. The van der Waals surface area contributed by atoms with Gasteiger partial charge in [0, 0.05) is 5.56 Å². The topological polar surface area (TPSA) is 55.8 Å². The van der Waals surface area contributed by atoms with E-state index in [4.69, 9.17) is 27.5 Å². The summed E-state index contributed by atoms with van der Waals surface area (Å²) >= 11 is 7.01. The van der Waals surface area contributed by atoms with Crippen LogP contribution in [0.2, 0.25) is 5.02 Å². The molecule has 3 rings (SSSR count). The van der Waals surface area contributed by atoms with Crippen LogP contribution in [0.3, 0.4) is 0 Å². The third-order valence-electron chi connectivity index (χ3n) is 4.01. The van der Waals surface area contributed by atoms with Crippen molar-refractivity contribution in [3.8, 4) is 23.8 Å². The summed E-state index contributed by atoms with van der Waals surface area (Å²) < 4.78 is 24.5. The Morgan fingerprint density at radius 3 is 2.76 bits per heavy atom. The van der Waals surface area contributed by atoms with Gasteiger partial charge in [0.25, 0.3) is 11.1 Å². The second kappa shape index (κ2) is 9.03. The molecule has 1 aliphatic rings. The quantitative estimate of drug-likeness (QED) is 0.488. The van der Waals surface area contributed by atoms with Crippen LogP contribution < -0.4 is 9.47 Å². The lowest BCUT2D eigenvalue weighted by Gasteiger charge is -2.13. The number of halogens is 2. The number of nitrogens with zero attached hydrogens (tertiary/aromatic N) is 1. The molecular weight excluding hydrogens is 417 g/mol.